The number of rotatable bonds is 24. The minimum absolute atomic E-state index is 0.0336. The Labute approximate surface area is 293 Å². The Morgan fingerprint density at radius 1 is 0.529 bits per heavy atom. The monoisotopic (exact) mass is 730 g/mol. The van der Waals surface area contributed by atoms with E-state index in [0.717, 1.165) is 0 Å². The van der Waals surface area contributed by atoms with Crippen molar-refractivity contribution in [3.05, 3.63) is 0 Å². The summed E-state index contributed by atoms with van der Waals surface area (Å²) in [5.74, 6) is -11.4. The van der Waals surface area contributed by atoms with Crippen molar-refractivity contribution in [3.63, 3.8) is 0 Å². The standard InChI is InChI=1S/C30H50N8O13/c1-13(2)8-17(28(49)34-15(5)25(46)35-19(10-22(40)41)27(48)33-12-24(44)45)37-30(51)20(11-23(42)43)38-29(50)18(9-14(3)4)36-26(47)16(31)6-7-21(32)39/h13-20H,6-12,31H2,1-5H3,(H2,32,39)(H,33,48)(H,34,49)(H,35,46)(H,36,47)(H,37,51)(H,38,50)(H,40,41)(H,42,43)(H,44,45)/t15-,16-,17-,18-,19-,20-/m0/s1. The first-order valence-corrected chi connectivity index (χ1v) is 16.0. The molecule has 6 atom stereocenters. The second-order valence-electron chi connectivity index (χ2n) is 12.7. The van der Waals surface area contributed by atoms with Crippen LogP contribution in [0.2, 0.25) is 0 Å². The van der Waals surface area contributed by atoms with Gasteiger partial charge in [-0.2, -0.15) is 0 Å². The van der Waals surface area contributed by atoms with Gasteiger partial charge in [-0.25, -0.2) is 0 Å². The van der Waals surface area contributed by atoms with Gasteiger partial charge >= 0.3 is 17.9 Å². The molecular formula is C30H50N8O13. The van der Waals surface area contributed by atoms with E-state index in [2.05, 4.69) is 26.6 Å². The Bertz CT molecular complexity index is 1310. The van der Waals surface area contributed by atoms with Crippen LogP contribution in [0.4, 0.5) is 0 Å². The molecule has 0 bridgehead atoms. The van der Waals surface area contributed by atoms with E-state index in [1.54, 1.807) is 27.7 Å². The average Bonchev–Trinajstić information content (AvgIpc) is 2.99. The fourth-order valence-corrected chi connectivity index (χ4v) is 4.39. The van der Waals surface area contributed by atoms with E-state index in [-0.39, 0.29) is 37.5 Å². The number of carbonyl (C=O) groups is 10. The topological polar surface area (TPSA) is 356 Å². The number of aliphatic carboxylic acids is 3. The third-order valence-electron chi connectivity index (χ3n) is 6.91. The lowest BCUT2D eigenvalue weighted by Crippen LogP contribution is -2.59. The number of nitrogens with one attached hydrogen (secondary N) is 6. The average molecular weight is 731 g/mol. The maximum Gasteiger partial charge on any atom is 0.322 e. The largest absolute Gasteiger partial charge is 0.481 e. The molecule has 0 aromatic rings. The van der Waals surface area contributed by atoms with Gasteiger partial charge in [-0.05, 0) is 38.0 Å². The van der Waals surface area contributed by atoms with Crippen molar-refractivity contribution in [2.75, 3.05) is 6.54 Å². The fourth-order valence-electron chi connectivity index (χ4n) is 4.39. The zero-order valence-corrected chi connectivity index (χ0v) is 29.1. The highest BCUT2D eigenvalue weighted by molar-refractivity contribution is 5.98. The lowest BCUT2D eigenvalue weighted by Gasteiger charge is -2.27. The molecule has 0 rings (SSSR count). The van der Waals surface area contributed by atoms with Gasteiger partial charge in [0.25, 0.3) is 0 Å². The maximum atomic E-state index is 13.3. The van der Waals surface area contributed by atoms with Crippen molar-refractivity contribution in [1.82, 2.24) is 31.9 Å². The molecule has 0 aliphatic rings. The van der Waals surface area contributed by atoms with Crippen molar-refractivity contribution < 1.29 is 63.3 Å². The van der Waals surface area contributed by atoms with Gasteiger partial charge in [-0.3, -0.25) is 47.9 Å². The van der Waals surface area contributed by atoms with E-state index in [1.807, 2.05) is 5.32 Å². The molecular weight excluding hydrogens is 680 g/mol. The zero-order valence-electron chi connectivity index (χ0n) is 29.1. The molecule has 21 heteroatoms. The number of primary amides is 1. The molecule has 288 valence electrons. The number of hydrogen-bond acceptors (Lipinski definition) is 11. The molecule has 0 fully saturated rings. The van der Waals surface area contributed by atoms with Crippen LogP contribution in [-0.4, -0.2) is 117 Å². The van der Waals surface area contributed by atoms with E-state index >= 15 is 0 Å². The fraction of sp³-hybridized carbons (Fsp3) is 0.667. The van der Waals surface area contributed by atoms with Crippen LogP contribution < -0.4 is 43.4 Å². The zero-order chi connectivity index (χ0) is 39.6. The Morgan fingerprint density at radius 3 is 1.35 bits per heavy atom. The number of hydrogen-bond donors (Lipinski definition) is 11. The van der Waals surface area contributed by atoms with Gasteiger partial charge in [0.1, 0.15) is 36.8 Å². The van der Waals surface area contributed by atoms with Gasteiger partial charge in [-0.15, -0.1) is 0 Å². The van der Waals surface area contributed by atoms with Crippen LogP contribution in [0.15, 0.2) is 0 Å². The molecule has 0 saturated heterocycles. The summed E-state index contributed by atoms with van der Waals surface area (Å²) in [5.41, 5.74) is 10.9. The van der Waals surface area contributed by atoms with E-state index < -0.39 is 115 Å². The molecule has 0 saturated carbocycles. The lowest BCUT2D eigenvalue weighted by molar-refractivity contribution is -0.142. The van der Waals surface area contributed by atoms with Crippen LogP contribution in [0, 0.1) is 11.8 Å². The summed E-state index contributed by atoms with van der Waals surface area (Å²) in [4.78, 5) is 122. The Hall–Kier alpha value is -5.34. The van der Waals surface area contributed by atoms with Crippen molar-refractivity contribution in [2.24, 2.45) is 23.3 Å². The van der Waals surface area contributed by atoms with Crippen molar-refractivity contribution in [3.8, 4) is 0 Å². The molecule has 0 aliphatic heterocycles. The third-order valence-corrected chi connectivity index (χ3v) is 6.91. The molecule has 13 N–H and O–H groups in total. The van der Waals surface area contributed by atoms with Gasteiger partial charge in [0, 0.05) is 6.42 Å². The number of nitrogens with two attached hydrogens (primary N) is 2. The van der Waals surface area contributed by atoms with E-state index in [9.17, 15) is 53.1 Å². The SMILES string of the molecule is CC(C)C[C@H](NC(=O)[C@H](CC(=O)O)NC(=O)[C@H](CC(C)C)NC(=O)[C@@H](N)CCC(N)=O)C(=O)N[C@@H](C)C(=O)N[C@@H](CC(=O)O)C(=O)NCC(=O)O. The molecule has 21 nitrogen and oxygen atoms in total. The minimum atomic E-state index is -1.74. The molecule has 0 spiro atoms. The molecule has 0 aromatic heterocycles. The number of carbonyl (C=O) groups excluding carboxylic acids is 7. The van der Waals surface area contributed by atoms with E-state index in [4.69, 9.17) is 21.7 Å². The predicted molar refractivity (Wildman–Crippen MR) is 176 cm³/mol. The van der Waals surface area contributed by atoms with Crippen molar-refractivity contribution in [1.29, 1.82) is 0 Å². The summed E-state index contributed by atoms with van der Waals surface area (Å²) < 4.78 is 0. The van der Waals surface area contributed by atoms with Crippen LogP contribution in [0.3, 0.4) is 0 Å². The molecule has 0 heterocycles. The van der Waals surface area contributed by atoms with Crippen molar-refractivity contribution >= 4 is 59.3 Å². The molecule has 0 aromatic carbocycles. The summed E-state index contributed by atoms with van der Waals surface area (Å²) in [5, 5.41) is 40.8. The first kappa shape index (κ1) is 45.7. The summed E-state index contributed by atoms with van der Waals surface area (Å²) in [6.07, 6.45) is -2.12. The Morgan fingerprint density at radius 2 is 0.922 bits per heavy atom. The van der Waals surface area contributed by atoms with Gasteiger partial charge in [-0.1, -0.05) is 27.7 Å². The third kappa shape index (κ3) is 19.4. The molecule has 7 amide bonds. The summed E-state index contributed by atoms with van der Waals surface area (Å²) in [6, 6.07) is -8.72. The Balaban J connectivity index is 5.93. The Kier molecular flexibility index (Phi) is 20.0. The minimum Gasteiger partial charge on any atom is -0.481 e. The summed E-state index contributed by atoms with van der Waals surface area (Å²) in [6.45, 7) is 7.19. The molecule has 51 heavy (non-hydrogen) atoms. The quantitative estimate of drug-likeness (QED) is 0.0455. The second-order valence-corrected chi connectivity index (χ2v) is 12.7. The number of carboxylic acids is 3. The maximum absolute atomic E-state index is 13.3. The molecule has 0 aliphatic carbocycles. The van der Waals surface area contributed by atoms with Gasteiger partial charge < -0.3 is 58.7 Å². The first-order chi connectivity index (χ1) is 23.5. The number of carboxylic acid groups (broad SMARTS) is 3. The van der Waals surface area contributed by atoms with Gasteiger partial charge in [0.05, 0.1) is 18.9 Å². The second kappa shape index (κ2) is 22.4. The smallest absolute Gasteiger partial charge is 0.322 e. The lowest BCUT2D eigenvalue weighted by atomic mass is 10.0. The van der Waals surface area contributed by atoms with Gasteiger partial charge in [0.2, 0.25) is 41.4 Å². The first-order valence-electron chi connectivity index (χ1n) is 16.0. The van der Waals surface area contributed by atoms with Crippen LogP contribution >= 0.6 is 0 Å². The molecule has 0 radical (unpaired) electrons. The number of amides is 7. The van der Waals surface area contributed by atoms with Crippen LogP contribution in [-0.2, 0) is 47.9 Å². The van der Waals surface area contributed by atoms with Crippen LogP contribution in [0.1, 0.15) is 73.1 Å². The summed E-state index contributed by atoms with van der Waals surface area (Å²) >= 11 is 0. The highest BCUT2D eigenvalue weighted by atomic mass is 16.4. The van der Waals surface area contributed by atoms with Crippen LogP contribution in [0.25, 0.3) is 0 Å². The van der Waals surface area contributed by atoms with Crippen molar-refractivity contribution in [2.45, 2.75) is 109 Å². The highest BCUT2D eigenvalue weighted by Gasteiger charge is 2.33. The predicted octanol–water partition coefficient (Wildman–Crippen LogP) is -3.73. The normalized spacial score (nSPS) is 14.4. The van der Waals surface area contributed by atoms with E-state index in [0.29, 0.717) is 0 Å². The van der Waals surface area contributed by atoms with Gasteiger partial charge in [0.15, 0.2) is 0 Å². The summed E-state index contributed by atoms with van der Waals surface area (Å²) in [7, 11) is 0. The highest BCUT2D eigenvalue weighted by Crippen LogP contribution is 2.10. The van der Waals surface area contributed by atoms with Crippen LogP contribution in [0.5, 0.6) is 0 Å². The molecule has 0 unspecified atom stereocenters. The van der Waals surface area contributed by atoms with E-state index in [1.165, 1.54) is 6.92 Å².